The van der Waals surface area contributed by atoms with Crippen molar-refractivity contribution in [3.63, 3.8) is 0 Å². The first kappa shape index (κ1) is 12.5. The highest BCUT2D eigenvalue weighted by molar-refractivity contribution is 4.95. The fourth-order valence-electron chi connectivity index (χ4n) is 2.28. The van der Waals surface area contributed by atoms with Gasteiger partial charge in [0.05, 0.1) is 18.1 Å². The molecule has 2 rings (SSSR count). The SMILES string of the molecule is CCCc1noc(C[C@]2(O)CCO[C@H](C)C2)n1. The highest BCUT2D eigenvalue weighted by atomic mass is 16.5. The van der Waals surface area contributed by atoms with Gasteiger partial charge in [0, 0.05) is 25.9 Å². The fraction of sp³-hybridized carbons (Fsp3) is 0.833. The molecule has 1 aromatic rings. The van der Waals surface area contributed by atoms with Crippen molar-refractivity contribution in [1.29, 1.82) is 0 Å². The molecule has 0 bridgehead atoms. The van der Waals surface area contributed by atoms with E-state index in [1.54, 1.807) is 0 Å². The number of ether oxygens (including phenoxy) is 1. The van der Waals surface area contributed by atoms with Gasteiger partial charge >= 0.3 is 0 Å². The van der Waals surface area contributed by atoms with Crippen LogP contribution >= 0.6 is 0 Å². The second-order valence-corrected chi connectivity index (χ2v) is 4.89. The van der Waals surface area contributed by atoms with Gasteiger partial charge in [-0.3, -0.25) is 0 Å². The van der Waals surface area contributed by atoms with Gasteiger partial charge < -0.3 is 14.4 Å². The minimum absolute atomic E-state index is 0.0896. The van der Waals surface area contributed by atoms with E-state index >= 15 is 0 Å². The summed E-state index contributed by atoms with van der Waals surface area (Å²) in [5.74, 6) is 1.26. The molecule has 2 atom stereocenters. The van der Waals surface area contributed by atoms with Crippen LogP contribution in [0.4, 0.5) is 0 Å². The highest BCUT2D eigenvalue weighted by Gasteiger charge is 2.35. The third-order valence-corrected chi connectivity index (χ3v) is 3.10. The predicted molar refractivity (Wildman–Crippen MR) is 61.6 cm³/mol. The first-order chi connectivity index (χ1) is 8.11. The first-order valence-corrected chi connectivity index (χ1v) is 6.27. The van der Waals surface area contributed by atoms with Crippen molar-refractivity contribution in [1.82, 2.24) is 10.1 Å². The summed E-state index contributed by atoms with van der Waals surface area (Å²) in [5.41, 5.74) is -0.756. The van der Waals surface area contributed by atoms with E-state index in [0.29, 0.717) is 31.8 Å². The summed E-state index contributed by atoms with van der Waals surface area (Å²) in [4.78, 5) is 4.29. The molecule has 17 heavy (non-hydrogen) atoms. The summed E-state index contributed by atoms with van der Waals surface area (Å²) >= 11 is 0. The molecular formula is C12H20N2O3. The standard InChI is InChI=1S/C12H20N2O3/c1-3-4-10-13-11(17-14-10)8-12(15)5-6-16-9(2)7-12/h9,15H,3-8H2,1-2H3/t9-,12+/m1/s1. The van der Waals surface area contributed by atoms with E-state index < -0.39 is 5.60 Å². The summed E-state index contributed by atoms with van der Waals surface area (Å²) in [7, 11) is 0. The molecular weight excluding hydrogens is 220 g/mol. The van der Waals surface area contributed by atoms with Gasteiger partial charge in [-0.05, 0) is 13.3 Å². The van der Waals surface area contributed by atoms with Crippen LogP contribution < -0.4 is 0 Å². The molecule has 0 radical (unpaired) electrons. The molecule has 0 unspecified atom stereocenters. The molecule has 1 saturated heterocycles. The monoisotopic (exact) mass is 240 g/mol. The fourth-order valence-corrected chi connectivity index (χ4v) is 2.28. The topological polar surface area (TPSA) is 68.4 Å². The quantitative estimate of drug-likeness (QED) is 0.863. The Labute approximate surface area is 101 Å². The Bertz CT molecular complexity index is 366. The molecule has 1 aliphatic heterocycles. The number of hydrogen-bond acceptors (Lipinski definition) is 5. The maximum atomic E-state index is 10.4. The zero-order chi connectivity index (χ0) is 12.3. The van der Waals surface area contributed by atoms with E-state index in [9.17, 15) is 5.11 Å². The third-order valence-electron chi connectivity index (χ3n) is 3.10. The van der Waals surface area contributed by atoms with Gasteiger partial charge in [-0.1, -0.05) is 12.1 Å². The Morgan fingerprint density at radius 1 is 1.53 bits per heavy atom. The van der Waals surface area contributed by atoms with Crippen LogP contribution in [-0.2, 0) is 17.6 Å². The summed E-state index contributed by atoms with van der Waals surface area (Å²) in [6, 6.07) is 0. The molecule has 2 heterocycles. The molecule has 0 spiro atoms. The van der Waals surface area contributed by atoms with Crippen molar-refractivity contribution < 1.29 is 14.4 Å². The van der Waals surface area contributed by atoms with E-state index in [-0.39, 0.29) is 6.10 Å². The lowest BCUT2D eigenvalue weighted by Crippen LogP contribution is -2.41. The van der Waals surface area contributed by atoms with Crippen molar-refractivity contribution >= 4 is 0 Å². The molecule has 0 saturated carbocycles. The van der Waals surface area contributed by atoms with Crippen LogP contribution in [0, 0.1) is 0 Å². The first-order valence-electron chi connectivity index (χ1n) is 6.27. The van der Waals surface area contributed by atoms with Crippen LogP contribution in [0.1, 0.15) is 44.8 Å². The van der Waals surface area contributed by atoms with E-state index in [0.717, 1.165) is 18.7 Å². The third kappa shape index (κ3) is 3.26. The lowest BCUT2D eigenvalue weighted by molar-refractivity contribution is -0.0987. The highest BCUT2D eigenvalue weighted by Crippen LogP contribution is 2.27. The normalized spacial score (nSPS) is 29.5. The minimum Gasteiger partial charge on any atom is -0.389 e. The van der Waals surface area contributed by atoms with Gasteiger partial charge in [-0.15, -0.1) is 0 Å². The average molecular weight is 240 g/mol. The number of aliphatic hydroxyl groups is 1. The zero-order valence-electron chi connectivity index (χ0n) is 10.5. The summed E-state index contributed by atoms with van der Waals surface area (Å²) in [5, 5.41) is 14.3. The van der Waals surface area contributed by atoms with Gasteiger partial charge in [0.1, 0.15) is 0 Å². The van der Waals surface area contributed by atoms with Crippen molar-refractivity contribution in [2.45, 2.75) is 57.7 Å². The van der Waals surface area contributed by atoms with Crippen LogP contribution in [0.2, 0.25) is 0 Å². The van der Waals surface area contributed by atoms with Crippen LogP contribution in [0.3, 0.4) is 0 Å². The Hall–Kier alpha value is -0.940. The summed E-state index contributed by atoms with van der Waals surface area (Å²) in [6.45, 7) is 4.64. The number of nitrogens with zero attached hydrogens (tertiary/aromatic N) is 2. The van der Waals surface area contributed by atoms with E-state index in [1.807, 2.05) is 6.92 Å². The predicted octanol–water partition coefficient (Wildman–Crippen LogP) is 1.49. The van der Waals surface area contributed by atoms with Gasteiger partial charge in [-0.2, -0.15) is 4.98 Å². The lowest BCUT2D eigenvalue weighted by atomic mass is 9.88. The second-order valence-electron chi connectivity index (χ2n) is 4.89. The van der Waals surface area contributed by atoms with E-state index in [2.05, 4.69) is 17.1 Å². The van der Waals surface area contributed by atoms with E-state index in [1.165, 1.54) is 0 Å². The van der Waals surface area contributed by atoms with Gasteiger partial charge in [0.2, 0.25) is 5.89 Å². The van der Waals surface area contributed by atoms with Crippen LogP contribution in [0.25, 0.3) is 0 Å². The van der Waals surface area contributed by atoms with Crippen LogP contribution in [0.15, 0.2) is 4.52 Å². The van der Waals surface area contributed by atoms with Gasteiger partial charge in [-0.25, -0.2) is 0 Å². The van der Waals surface area contributed by atoms with Crippen molar-refractivity contribution in [3.05, 3.63) is 11.7 Å². The molecule has 1 aliphatic rings. The molecule has 5 heteroatoms. The van der Waals surface area contributed by atoms with Crippen LogP contribution in [0.5, 0.6) is 0 Å². The molecule has 0 aromatic carbocycles. The largest absolute Gasteiger partial charge is 0.389 e. The zero-order valence-corrected chi connectivity index (χ0v) is 10.5. The molecule has 1 fully saturated rings. The summed E-state index contributed by atoms with van der Waals surface area (Å²) in [6.07, 6.45) is 3.58. The second kappa shape index (κ2) is 5.14. The molecule has 1 aromatic heterocycles. The van der Waals surface area contributed by atoms with Gasteiger partial charge in [0.15, 0.2) is 5.82 Å². The average Bonchev–Trinajstić information content (AvgIpc) is 2.64. The van der Waals surface area contributed by atoms with Crippen molar-refractivity contribution in [2.24, 2.45) is 0 Å². The Kier molecular flexibility index (Phi) is 3.79. The minimum atomic E-state index is -0.756. The van der Waals surface area contributed by atoms with E-state index in [4.69, 9.17) is 9.26 Å². The van der Waals surface area contributed by atoms with Crippen molar-refractivity contribution in [2.75, 3.05) is 6.61 Å². The molecule has 96 valence electrons. The van der Waals surface area contributed by atoms with Crippen LogP contribution in [-0.4, -0.2) is 33.6 Å². The van der Waals surface area contributed by atoms with Crippen molar-refractivity contribution in [3.8, 4) is 0 Å². The maximum absolute atomic E-state index is 10.4. The molecule has 0 aliphatic carbocycles. The number of aryl methyl sites for hydroxylation is 1. The molecule has 0 amide bonds. The number of hydrogen-bond donors (Lipinski definition) is 1. The Balaban J connectivity index is 1.98. The Morgan fingerprint density at radius 3 is 3.06 bits per heavy atom. The maximum Gasteiger partial charge on any atom is 0.229 e. The van der Waals surface area contributed by atoms with Gasteiger partial charge in [0.25, 0.3) is 0 Å². The molecule has 1 N–H and O–H groups in total. The number of aromatic nitrogens is 2. The molecule has 5 nitrogen and oxygen atoms in total. The Morgan fingerprint density at radius 2 is 2.35 bits per heavy atom. The number of rotatable bonds is 4. The smallest absolute Gasteiger partial charge is 0.229 e. The summed E-state index contributed by atoms with van der Waals surface area (Å²) < 4.78 is 10.6. The lowest BCUT2D eigenvalue weighted by Gasteiger charge is -2.34.